The van der Waals surface area contributed by atoms with Gasteiger partial charge in [0, 0.05) is 6.54 Å². The first-order valence-electron chi connectivity index (χ1n) is 6.22. The van der Waals surface area contributed by atoms with Gasteiger partial charge in [0.2, 0.25) is 0 Å². The van der Waals surface area contributed by atoms with Crippen molar-refractivity contribution in [2.24, 2.45) is 0 Å². The highest BCUT2D eigenvalue weighted by Crippen LogP contribution is 2.21. The van der Waals surface area contributed by atoms with Crippen LogP contribution < -0.4 is 5.32 Å². The van der Waals surface area contributed by atoms with E-state index in [-0.39, 0.29) is 0 Å². The molecular weight excluding hydrogens is 274 g/mol. The van der Waals surface area contributed by atoms with Gasteiger partial charge in [0.15, 0.2) is 5.65 Å². The highest BCUT2D eigenvalue weighted by atomic mass is 32.1. The quantitative estimate of drug-likeness (QED) is 0.763. The molecule has 0 aliphatic heterocycles. The summed E-state index contributed by atoms with van der Waals surface area (Å²) in [5.41, 5.74) is 1.94. The van der Waals surface area contributed by atoms with E-state index >= 15 is 0 Å². The average Bonchev–Trinajstić information content (AvgIpc) is 3.08. The van der Waals surface area contributed by atoms with Crippen LogP contribution in [0.1, 0.15) is 11.6 Å². The fourth-order valence-corrected chi connectivity index (χ4v) is 2.72. The molecule has 1 N–H and O–H groups in total. The zero-order chi connectivity index (χ0) is 13.9. The Kier molecular flexibility index (Phi) is 3.57. The lowest BCUT2D eigenvalue weighted by atomic mass is 10.1. The Labute approximate surface area is 120 Å². The summed E-state index contributed by atoms with van der Waals surface area (Å²) in [6.07, 6.45) is 0. The van der Waals surface area contributed by atoms with Crippen LogP contribution in [-0.4, -0.2) is 50.8 Å². The van der Waals surface area contributed by atoms with Gasteiger partial charge in [-0.2, -0.15) is 11.3 Å². The molecule has 0 saturated heterocycles. The van der Waals surface area contributed by atoms with E-state index in [1.807, 2.05) is 12.1 Å². The normalized spacial score (nSPS) is 12.9. The SMILES string of the molecule is CN(C)C(CNc1ccc2nnnn2n1)c1ccsc1. The number of aromatic nitrogens is 5. The summed E-state index contributed by atoms with van der Waals surface area (Å²) in [4.78, 5) is 2.19. The Morgan fingerprint density at radius 3 is 3.00 bits per heavy atom. The second kappa shape index (κ2) is 5.51. The maximum absolute atomic E-state index is 4.30. The maximum atomic E-state index is 4.30. The number of hydrogen-bond donors (Lipinski definition) is 1. The van der Waals surface area contributed by atoms with Crippen molar-refractivity contribution in [2.75, 3.05) is 26.0 Å². The molecule has 8 heteroatoms. The van der Waals surface area contributed by atoms with E-state index < -0.39 is 0 Å². The summed E-state index contributed by atoms with van der Waals surface area (Å²) >= 11 is 1.71. The van der Waals surface area contributed by atoms with Crippen molar-refractivity contribution in [3.8, 4) is 0 Å². The molecule has 0 aliphatic carbocycles. The molecule has 3 aromatic heterocycles. The van der Waals surface area contributed by atoms with E-state index in [0.717, 1.165) is 12.4 Å². The predicted molar refractivity (Wildman–Crippen MR) is 77.8 cm³/mol. The first-order valence-corrected chi connectivity index (χ1v) is 7.16. The number of rotatable bonds is 5. The third kappa shape index (κ3) is 2.61. The van der Waals surface area contributed by atoms with Crippen molar-refractivity contribution in [1.82, 2.24) is 30.2 Å². The molecule has 0 aliphatic rings. The Balaban J connectivity index is 1.73. The first kappa shape index (κ1) is 12.9. The van der Waals surface area contributed by atoms with Gasteiger partial charge in [-0.3, -0.25) is 0 Å². The van der Waals surface area contributed by atoms with Crippen LogP contribution in [0.2, 0.25) is 0 Å². The minimum absolute atomic E-state index is 0.299. The number of nitrogens with zero attached hydrogens (tertiary/aromatic N) is 6. The average molecular weight is 289 g/mol. The van der Waals surface area contributed by atoms with E-state index in [4.69, 9.17) is 0 Å². The lowest BCUT2D eigenvalue weighted by Gasteiger charge is -2.24. The predicted octanol–water partition coefficient (Wildman–Crippen LogP) is 1.30. The van der Waals surface area contributed by atoms with E-state index in [1.54, 1.807) is 11.3 Å². The number of anilines is 1. The molecule has 3 aromatic rings. The zero-order valence-electron chi connectivity index (χ0n) is 11.3. The molecular formula is C12H15N7S. The lowest BCUT2D eigenvalue weighted by molar-refractivity contribution is 0.312. The van der Waals surface area contributed by atoms with Gasteiger partial charge in [-0.25, -0.2) is 0 Å². The molecule has 7 nitrogen and oxygen atoms in total. The number of likely N-dealkylation sites (N-methyl/N-ethyl adjacent to an activating group) is 1. The summed E-state index contributed by atoms with van der Waals surface area (Å²) in [5.74, 6) is 0.756. The van der Waals surface area contributed by atoms with Crippen LogP contribution in [0.5, 0.6) is 0 Å². The van der Waals surface area contributed by atoms with Gasteiger partial charge in [-0.15, -0.1) is 14.8 Å². The van der Waals surface area contributed by atoms with Gasteiger partial charge in [-0.05, 0) is 59.0 Å². The van der Waals surface area contributed by atoms with Crippen molar-refractivity contribution in [3.63, 3.8) is 0 Å². The Bertz CT molecular complexity index is 676. The van der Waals surface area contributed by atoms with Crippen molar-refractivity contribution < 1.29 is 0 Å². The van der Waals surface area contributed by atoms with Crippen molar-refractivity contribution in [2.45, 2.75) is 6.04 Å². The van der Waals surface area contributed by atoms with Crippen LogP contribution in [0.4, 0.5) is 5.82 Å². The van der Waals surface area contributed by atoms with Gasteiger partial charge < -0.3 is 10.2 Å². The molecule has 3 heterocycles. The highest BCUT2D eigenvalue weighted by molar-refractivity contribution is 7.07. The van der Waals surface area contributed by atoms with Crippen LogP contribution in [-0.2, 0) is 0 Å². The van der Waals surface area contributed by atoms with Crippen LogP contribution in [0.3, 0.4) is 0 Å². The lowest BCUT2D eigenvalue weighted by Crippen LogP contribution is -2.26. The van der Waals surface area contributed by atoms with Crippen molar-refractivity contribution in [3.05, 3.63) is 34.5 Å². The fourth-order valence-electron chi connectivity index (χ4n) is 2.01. The van der Waals surface area contributed by atoms with Gasteiger partial charge in [0.25, 0.3) is 0 Å². The van der Waals surface area contributed by atoms with Crippen LogP contribution in [0, 0.1) is 0 Å². The standard InChI is InChI=1S/C12H15N7S/c1-18(2)10(9-5-6-20-8-9)7-13-11-3-4-12-14-16-17-19(12)15-11/h3-6,8,10H,7H2,1-2H3,(H,13,15). The monoisotopic (exact) mass is 289 g/mol. The number of fused-ring (bicyclic) bond motifs is 1. The summed E-state index contributed by atoms with van der Waals surface area (Å²) in [6, 6.07) is 6.17. The van der Waals surface area contributed by atoms with E-state index in [1.165, 1.54) is 10.2 Å². The third-order valence-corrected chi connectivity index (χ3v) is 3.80. The third-order valence-electron chi connectivity index (χ3n) is 3.10. The molecule has 0 saturated carbocycles. The Hall–Kier alpha value is -2.06. The minimum atomic E-state index is 0.299. The van der Waals surface area contributed by atoms with Gasteiger partial charge in [0.05, 0.1) is 6.04 Å². The summed E-state index contributed by atoms with van der Waals surface area (Å²) in [6.45, 7) is 0.768. The van der Waals surface area contributed by atoms with E-state index in [9.17, 15) is 0 Å². The highest BCUT2D eigenvalue weighted by Gasteiger charge is 2.14. The smallest absolute Gasteiger partial charge is 0.200 e. The van der Waals surface area contributed by atoms with E-state index in [2.05, 4.69) is 61.8 Å². The van der Waals surface area contributed by atoms with E-state index in [0.29, 0.717) is 11.7 Å². The zero-order valence-corrected chi connectivity index (χ0v) is 12.1. The first-order chi connectivity index (χ1) is 9.74. The van der Waals surface area contributed by atoms with Crippen LogP contribution in [0.25, 0.3) is 5.65 Å². The van der Waals surface area contributed by atoms with Crippen molar-refractivity contribution >= 4 is 22.8 Å². The van der Waals surface area contributed by atoms with Crippen LogP contribution >= 0.6 is 11.3 Å². The second-order valence-corrected chi connectivity index (χ2v) is 5.44. The molecule has 0 radical (unpaired) electrons. The van der Waals surface area contributed by atoms with Gasteiger partial charge in [0.1, 0.15) is 5.82 Å². The molecule has 1 atom stereocenters. The molecule has 3 rings (SSSR count). The molecule has 0 bridgehead atoms. The number of nitrogens with one attached hydrogen (secondary N) is 1. The van der Waals surface area contributed by atoms with Crippen LogP contribution in [0.15, 0.2) is 29.0 Å². The molecule has 1 unspecified atom stereocenters. The summed E-state index contributed by atoms with van der Waals surface area (Å²) in [5, 5.41) is 23.1. The summed E-state index contributed by atoms with van der Waals surface area (Å²) < 4.78 is 1.41. The fraction of sp³-hybridized carbons (Fsp3) is 0.333. The van der Waals surface area contributed by atoms with Gasteiger partial charge >= 0.3 is 0 Å². The minimum Gasteiger partial charge on any atom is -0.367 e. The van der Waals surface area contributed by atoms with Crippen molar-refractivity contribution in [1.29, 1.82) is 0 Å². The maximum Gasteiger partial charge on any atom is 0.200 e. The number of thiophene rings is 1. The number of hydrogen-bond acceptors (Lipinski definition) is 7. The summed E-state index contributed by atoms with van der Waals surface area (Å²) in [7, 11) is 4.14. The topological polar surface area (TPSA) is 71.2 Å². The molecule has 0 fully saturated rings. The number of tetrazole rings is 1. The largest absolute Gasteiger partial charge is 0.367 e. The van der Waals surface area contributed by atoms with Gasteiger partial charge in [-0.1, -0.05) is 0 Å². The molecule has 20 heavy (non-hydrogen) atoms. The Morgan fingerprint density at radius 2 is 2.25 bits per heavy atom. The molecule has 0 aromatic carbocycles. The molecule has 0 spiro atoms. The Morgan fingerprint density at radius 1 is 1.35 bits per heavy atom. The molecule has 0 amide bonds. The second-order valence-electron chi connectivity index (χ2n) is 4.66. The molecule has 104 valence electrons.